The summed E-state index contributed by atoms with van der Waals surface area (Å²) in [6, 6.07) is 6.88. The van der Waals surface area contributed by atoms with E-state index in [1.165, 1.54) is 6.07 Å². The molecule has 0 radical (unpaired) electrons. The summed E-state index contributed by atoms with van der Waals surface area (Å²) in [5.74, 6) is 1.48. The van der Waals surface area contributed by atoms with E-state index in [1.807, 2.05) is 17.5 Å². The van der Waals surface area contributed by atoms with Gasteiger partial charge >= 0.3 is 0 Å². The molecule has 4 rings (SSSR count). The summed E-state index contributed by atoms with van der Waals surface area (Å²) in [6.45, 7) is 0. The number of nitrogens with zero attached hydrogens (tertiary/aromatic N) is 3. The van der Waals surface area contributed by atoms with E-state index in [-0.39, 0.29) is 23.1 Å². The minimum absolute atomic E-state index is 0.0746. The van der Waals surface area contributed by atoms with Crippen molar-refractivity contribution in [1.82, 2.24) is 19.7 Å². The normalized spacial score (nSPS) is 19.3. The van der Waals surface area contributed by atoms with E-state index in [0.29, 0.717) is 30.1 Å². The van der Waals surface area contributed by atoms with E-state index >= 15 is 0 Å². The van der Waals surface area contributed by atoms with Gasteiger partial charge in [0.25, 0.3) is 0 Å². The van der Waals surface area contributed by atoms with Crippen LogP contribution in [0.5, 0.6) is 0 Å². The number of H-pyrrole nitrogens is 1. The maximum Gasteiger partial charge on any atom is 0.247 e. The summed E-state index contributed by atoms with van der Waals surface area (Å²) in [6.07, 6.45) is 2.71. The van der Waals surface area contributed by atoms with Crippen molar-refractivity contribution in [2.24, 2.45) is 0 Å². The van der Waals surface area contributed by atoms with Gasteiger partial charge in [-0.2, -0.15) is 5.10 Å². The van der Waals surface area contributed by atoms with Crippen molar-refractivity contribution in [3.8, 4) is 11.4 Å². The Balaban J connectivity index is 1.75. The van der Waals surface area contributed by atoms with Crippen molar-refractivity contribution in [3.63, 3.8) is 0 Å². The predicted molar refractivity (Wildman–Crippen MR) is 95.5 cm³/mol. The van der Waals surface area contributed by atoms with E-state index in [4.69, 9.17) is 0 Å². The third-order valence-corrected chi connectivity index (χ3v) is 6.81. The highest BCUT2D eigenvalue weighted by Gasteiger charge is 2.32. The van der Waals surface area contributed by atoms with Gasteiger partial charge in [-0.15, -0.1) is 11.3 Å². The summed E-state index contributed by atoms with van der Waals surface area (Å²) in [5.41, 5.74) is 0.519. The highest BCUT2D eigenvalue weighted by atomic mass is 32.2. The molecule has 0 unspecified atom stereocenters. The molecule has 0 bridgehead atoms. The third-order valence-electron chi connectivity index (χ3n) is 4.18. The second-order valence-corrected chi connectivity index (χ2v) is 9.31. The number of sulfone groups is 1. The molecule has 1 N–H and O–H groups in total. The van der Waals surface area contributed by atoms with Crippen molar-refractivity contribution >= 4 is 21.2 Å². The van der Waals surface area contributed by atoms with Crippen LogP contribution in [-0.2, 0) is 16.3 Å². The Labute approximate surface area is 148 Å². The first-order chi connectivity index (χ1) is 12.0. The van der Waals surface area contributed by atoms with Gasteiger partial charge in [0.2, 0.25) is 5.56 Å². The maximum atomic E-state index is 11.9. The van der Waals surface area contributed by atoms with E-state index in [0.717, 1.165) is 4.88 Å². The summed E-state index contributed by atoms with van der Waals surface area (Å²) >= 11 is 1.63. The third kappa shape index (κ3) is 3.42. The number of hydrogen-bond acceptors (Lipinski definition) is 6. The van der Waals surface area contributed by atoms with Crippen LogP contribution < -0.4 is 5.56 Å². The Morgan fingerprint density at radius 3 is 2.84 bits per heavy atom. The number of nitrogens with one attached hydrogen (secondary N) is 1. The lowest BCUT2D eigenvalue weighted by atomic mass is 10.2. The molecule has 25 heavy (non-hydrogen) atoms. The highest BCUT2D eigenvalue weighted by molar-refractivity contribution is 7.91. The largest absolute Gasteiger partial charge is 0.328 e. The summed E-state index contributed by atoms with van der Waals surface area (Å²) < 4.78 is 25.4. The molecule has 7 nitrogen and oxygen atoms in total. The zero-order chi connectivity index (χ0) is 17.4. The van der Waals surface area contributed by atoms with Crippen LogP contribution in [-0.4, -0.2) is 39.7 Å². The average Bonchev–Trinajstić information content (AvgIpc) is 3.29. The first-order valence-electron chi connectivity index (χ1n) is 7.87. The zero-order valence-electron chi connectivity index (χ0n) is 13.3. The van der Waals surface area contributed by atoms with Gasteiger partial charge in [-0.05, 0) is 23.9 Å². The van der Waals surface area contributed by atoms with Crippen molar-refractivity contribution in [2.75, 3.05) is 11.5 Å². The second kappa shape index (κ2) is 6.23. The molecule has 0 aliphatic carbocycles. The van der Waals surface area contributed by atoms with Crippen LogP contribution in [0.15, 0.2) is 40.6 Å². The second-order valence-electron chi connectivity index (χ2n) is 6.05. The van der Waals surface area contributed by atoms with Crippen LogP contribution in [0.25, 0.3) is 11.4 Å². The van der Waals surface area contributed by atoms with Gasteiger partial charge in [0.15, 0.2) is 21.5 Å². The standard InChI is InChI=1S/C16H16N4O3S2/c21-15-4-3-11(9-17-15)16-18-14(8-13-2-1-6-24-13)19-20(16)12-5-7-25(22,23)10-12/h1-4,6,9,12H,5,7-8,10H2,(H,17,21)/t12-/m0/s1. The quantitative estimate of drug-likeness (QED) is 0.747. The van der Waals surface area contributed by atoms with Crippen LogP contribution in [0.3, 0.4) is 0 Å². The van der Waals surface area contributed by atoms with Gasteiger partial charge in [0.1, 0.15) is 0 Å². The predicted octanol–water partition coefficient (Wildman–Crippen LogP) is 1.65. The first kappa shape index (κ1) is 16.2. The van der Waals surface area contributed by atoms with Crippen LogP contribution in [0.2, 0.25) is 0 Å². The molecule has 3 aromatic heterocycles. The van der Waals surface area contributed by atoms with Gasteiger partial charge in [0.05, 0.1) is 17.5 Å². The molecule has 1 aliphatic heterocycles. The summed E-state index contributed by atoms with van der Waals surface area (Å²) in [7, 11) is -3.03. The molecule has 0 amide bonds. The Morgan fingerprint density at radius 2 is 2.20 bits per heavy atom. The minimum atomic E-state index is -3.03. The molecule has 0 spiro atoms. The molecular formula is C16H16N4O3S2. The smallest absolute Gasteiger partial charge is 0.247 e. The highest BCUT2D eigenvalue weighted by Crippen LogP contribution is 2.28. The van der Waals surface area contributed by atoms with Crippen LogP contribution in [0.1, 0.15) is 23.2 Å². The van der Waals surface area contributed by atoms with Crippen molar-refractivity contribution < 1.29 is 8.42 Å². The van der Waals surface area contributed by atoms with E-state index < -0.39 is 9.84 Å². The van der Waals surface area contributed by atoms with Crippen molar-refractivity contribution in [2.45, 2.75) is 18.9 Å². The maximum absolute atomic E-state index is 11.9. The number of aromatic amines is 1. The molecule has 1 saturated heterocycles. The van der Waals surface area contributed by atoms with Gasteiger partial charge in [-0.1, -0.05) is 6.07 Å². The Morgan fingerprint density at radius 1 is 1.32 bits per heavy atom. The number of rotatable bonds is 4. The first-order valence-corrected chi connectivity index (χ1v) is 10.6. The fourth-order valence-corrected chi connectivity index (χ4v) is 5.37. The van der Waals surface area contributed by atoms with E-state index in [9.17, 15) is 13.2 Å². The van der Waals surface area contributed by atoms with Crippen molar-refractivity contribution in [1.29, 1.82) is 0 Å². The SMILES string of the molecule is O=c1ccc(-c2nc(Cc3cccs3)nn2[C@H]2CCS(=O)(=O)C2)c[nH]1. The number of aromatic nitrogens is 4. The van der Waals surface area contributed by atoms with Crippen molar-refractivity contribution in [3.05, 3.63) is 56.9 Å². The molecule has 130 valence electrons. The molecule has 4 heterocycles. The lowest BCUT2D eigenvalue weighted by Crippen LogP contribution is -2.14. The van der Waals surface area contributed by atoms with Gasteiger partial charge in [-0.25, -0.2) is 18.1 Å². The Bertz CT molecular complexity index is 1030. The van der Waals surface area contributed by atoms with Crippen LogP contribution in [0.4, 0.5) is 0 Å². The molecule has 1 atom stereocenters. The molecule has 0 aromatic carbocycles. The van der Waals surface area contributed by atoms with Crippen LogP contribution in [0, 0.1) is 0 Å². The zero-order valence-corrected chi connectivity index (χ0v) is 14.9. The Hall–Kier alpha value is -2.26. The number of hydrogen-bond donors (Lipinski definition) is 1. The van der Waals surface area contributed by atoms with Gasteiger partial charge < -0.3 is 4.98 Å². The fourth-order valence-electron chi connectivity index (χ4n) is 2.98. The summed E-state index contributed by atoms with van der Waals surface area (Å²) in [4.78, 5) is 19.7. The van der Waals surface area contributed by atoms with Gasteiger partial charge in [0, 0.05) is 29.1 Å². The Kier molecular flexibility index (Phi) is 4.04. The molecule has 1 fully saturated rings. The number of thiophene rings is 1. The van der Waals surface area contributed by atoms with E-state index in [2.05, 4.69) is 15.1 Å². The van der Waals surface area contributed by atoms with Gasteiger partial charge in [-0.3, -0.25) is 4.79 Å². The summed E-state index contributed by atoms with van der Waals surface area (Å²) in [5, 5.41) is 6.59. The lowest BCUT2D eigenvalue weighted by molar-refractivity contribution is 0.500. The molecule has 9 heteroatoms. The lowest BCUT2D eigenvalue weighted by Gasteiger charge is -2.11. The average molecular weight is 376 g/mol. The minimum Gasteiger partial charge on any atom is -0.328 e. The number of pyridine rings is 1. The molecule has 3 aromatic rings. The topological polar surface area (TPSA) is 97.7 Å². The molecular weight excluding hydrogens is 360 g/mol. The molecule has 1 aliphatic rings. The van der Waals surface area contributed by atoms with E-state index in [1.54, 1.807) is 28.3 Å². The van der Waals surface area contributed by atoms with Crippen LogP contribution >= 0.6 is 11.3 Å². The fraction of sp³-hybridized carbons (Fsp3) is 0.312. The monoisotopic (exact) mass is 376 g/mol. The molecule has 0 saturated carbocycles.